The Balaban J connectivity index is 1.55. The Morgan fingerprint density at radius 2 is 1.72 bits per heavy atom. The molecule has 3 aromatic carbocycles. The molecule has 4 aromatic rings. The van der Waals surface area contributed by atoms with Crippen LogP contribution in [0, 0.1) is 17.5 Å². The van der Waals surface area contributed by atoms with E-state index in [1.807, 2.05) is 16.7 Å². The molecule has 0 saturated carbocycles. The quantitative estimate of drug-likeness (QED) is 0.219. The first-order valence-corrected chi connectivity index (χ1v) is 17.6. The number of ether oxygens (including phenoxy) is 1. The van der Waals surface area contributed by atoms with Crippen LogP contribution in [0.2, 0.25) is 5.02 Å². The summed E-state index contributed by atoms with van der Waals surface area (Å²) in [6.45, 7) is 0. The van der Waals surface area contributed by atoms with E-state index in [1.165, 1.54) is 23.4 Å². The number of aromatic nitrogens is 2. The number of imidazole rings is 1. The van der Waals surface area contributed by atoms with Crippen molar-refractivity contribution < 1.29 is 34.7 Å². The zero-order valence-corrected chi connectivity index (χ0v) is 26.0. The Labute approximate surface area is 256 Å². The van der Waals surface area contributed by atoms with E-state index in [0.717, 1.165) is 41.6 Å². The molecule has 0 radical (unpaired) electrons. The third-order valence-corrected chi connectivity index (χ3v) is 11.1. The highest BCUT2D eigenvalue weighted by Crippen LogP contribution is 2.43. The Morgan fingerprint density at radius 1 is 1.05 bits per heavy atom. The van der Waals surface area contributed by atoms with Crippen molar-refractivity contribution in [1.82, 2.24) is 13.7 Å². The maximum Gasteiger partial charge on any atom is 0.253 e. The number of hydrogen-bond donors (Lipinski definition) is 1. The minimum absolute atomic E-state index is 0.137. The van der Waals surface area contributed by atoms with Crippen LogP contribution in [0.1, 0.15) is 41.3 Å². The summed E-state index contributed by atoms with van der Waals surface area (Å²) in [6.07, 6.45) is 2.86. The van der Waals surface area contributed by atoms with Crippen LogP contribution in [0.4, 0.5) is 13.2 Å². The first kappa shape index (κ1) is 31.4. The highest BCUT2D eigenvalue weighted by molar-refractivity contribution is 8.04. The first-order chi connectivity index (χ1) is 20.3. The molecule has 1 aliphatic rings. The van der Waals surface area contributed by atoms with E-state index < -0.39 is 48.0 Å². The van der Waals surface area contributed by atoms with E-state index in [-0.39, 0.29) is 11.7 Å². The van der Waals surface area contributed by atoms with Crippen LogP contribution < -0.4 is 8.86 Å². The number of aryl methyl sites for hydroxylation is 1. The predicted molar refractivity (Wildman–Crippen MR) is 157 cm³/mol. The van der Waals surface area contributed by atoms with Crippen molar-refractivity contribution in [3.8, 4) is 11.4 Å². The molecule has 1 aromatic heterocycles. The molecule has 15 heteroatoms. The van der Waals surface area contributed by atoms with Crippen LogP contribution in [0.25, 0.3) is 5.69 Å². The van der Waals surface area contributed by atoms with Crippen LogP contribution >= 0.6 is 23.4 Å². The number of benzene rings is 3. The van der Waals surface area contributed by atoms with E-state index in [2.05, 4.69) is 0 Å². The van der Waals surface area contributed by atoms with Gasteiger partial charge in [0.2, 0.25) is 10.0 Å². The lowest BCUT2D eigenvalue weighted by atomic mass is 9.84. The molecule has 0 saturated heterocycles. The number of nitrogens with zero attached hydrogens (tertiary/aromatic N) is 2. The Bertz CT molecular complexity index is 1890. The SMILES string of the molecule is COc1cc(C2CCCc3nc(SCc4c(F)cc(S(=O)(=O)NS(C)(=O)=O)cc4F)n(-c4ccc(F)cc4)c32)ccc1Cl. The molecule has 1 unspecified atom stereocenters. The minimum atomic E-state index is -4.72. The van der Waals surface area contributed by atoms with Crippen molar-refractivity contribution in [3.63, 3.8) is 0 Å². The number of rotatable bonds is 9. The molecule has 1 N–H and O–H groups in total. The maximum absolute atomic E-state index is 15.1. The highest BCUT2D eigenvalue weighted by atomic mass is 35.5. The van der Waals surface area contributed by atoms with Gasteiger partial charge >= 0.3 is 0 Å². The summed E-state index contributed by atoms with van der Waals surface area (Å²) >= 11 is 7.29. The van der Waals surface area contributed by atoms with Gasteiger partial charge in [0.1, 0.15) is 23.2 Å². The van der Waals surface area contributed by atoms with Crippen LogP contribution in [-0.4, -0.2) is 39.8 Å². The Morgan fingerprint density at radius 3 is 2.35 bits per heavy atom. The second kappa shape index (κ2) is 12.2. The van der Waals surface area contributed by atoms with E-state index in [9.17, 15) is 21.2 Å². The summed E-state index contributed by atoms with van der Waals surface area (Å²) in [5.74, 6) is -2.67. The molecular weight excluding hydrogens is 647 g/mol. The molecule has 1 aliphatic carbocycles. The molecule has 1 atom stereocenters. The van der Waals surface area contributed by atoms with E-state index in [0.29, 0.717) is 46.4 Å². The first-order valence-electron chi connectivity index (χ1n) is 12.8. The third kappa shape index (κ3) is 6.73. The average Bonchev–Trinajstić information content (AvgIpc) is 3.30. The molecule has 0 spiro atoms. The minimum Gasteiger partial charge on any atom is -0.495 e. The zero-order chi connectivity index (χ0) is 31.1. The predicted octanol–water partition coefficient (Wildman–Crippen LogP) is 5.95. The molecule has 5 rings (SSSR count). The summed E-state index contributed by atoms with van der Waals surface area (Å²) in [5, 5.41) is 0.860. The molecule has 43 heavy (non-hydrogen) atoms. The smallest absolute Gasteiger partial charge is 0.253 e. The fraction of sp³-hybridized carbons (Fsp3) is 0.250. The molecule has 228 valence electrons. The fourth-order valence-corrected chi connectivity index (χ4v) is 8.77. The van der Waals surface area contributed by atoms with Crippen molar-refractivity contribution in [3.05, 3.63) is 99.6 Å². The second-order valence-electron chi connectivity index (χ2n) is 9.89. The van der Waals surface area contributed by atoms with Crippen LogP contribution in [0.3, 0.4) is 0 Å². The number of thioether (sulfide) groups is 1. The van der Waals surface area contributed by atoms with Gasteiger partial charge in [0.15, 0.2) is 5.16 Å². The second-order valence-corrected chi connectivity index (χ2v) is 14.9. The molecule has 0 fully saturated rings. The van der Waals surface area contributed by atoms with Crippen molar-refractivity contribution in [2.75, 3.05) is 13.4 Å². The summed E-state index contributed by atoms with van der Waals surface area (Å²) in [5.41, 5.74) is 2.73. The maximum atomic E-state index is 15.1. The lowest BCUT2D eigenvalue weighted by molar-refractivity contribution is 0.414. The number of methoxy groups -OCH3 is 1. The molecule has 0 amide bonds. The fourth-order valence-electron chi connectivity index (χ4n) is 5.02. The van der Waals surface area contributed by atoms with Crippen molar-refractivity contribution in [2.24, 2.45) is 0 Å². The van der Waals surface area contributed by atoms with Crippen LogP contribution in [0.15, 0.2) is 64.6 Å². The van der Waals surface area contributed by atoms with Crippen LogP contribution in [-0.2, 0) is 32.2 Å². The standard InChI is InChI=1S/C28H25ClF3N3O5S3/c1-40-26-12-16(6-11-22(26)29)20-4-3-5-25-27(20)35(18-9-7-17(30)8-10-18)28(33-25)41-15-21-23(31)13-19(14-24(21)32)43(38,39)34-42(2,36)37/h6-14,20,34H,3-5,15H2,1-2H3. The van der Waals surface area contributed by atoms with E-state index in [1.54, 1.807) is 18.2 Å². The van der Waals surface area contributed by atoms with Crippen LogP contribution in [0.5, 0.6) is 5.75 Å². The van der Waals surface area contributed by atoms with Gasteiger partial charge in [-0.25, -0.2) is 35.0 Å². The molecule has 1 heterocycles. The van der Waals surface area contributed by atoms with Crippen molar-refractivity contribution in [1.29, 1.82) is 0 Å². The van der Waals surface area contributed by atoms with Crippen molar-refractivity contribution in [2.45, 2.75) is 41.0 Å². The lowest BCUT2D eigenvalue weighted by Gasteiger charge is -2.26. The van der Waals surface area contributed by atoms with Crippen molar-refractivity contribution >= 4 is 43.4 Å². The number of fused-ring (bicyclic) bond motifs is 1. The van der Waals surface area contributed by atoms with Gasteiger partial charge in [0, 0.05) is 22.9 Å². The van der Waals surface area contributed by atoms with Gasteiger partial charge in [-0.3, -0.25) is 4.57 Å². The van der Waals surface area contributed by atoms with Gasteiger partial charge < -0.3 is 4.74 Å². The number of halogens is 4. The van der Waals surface area contributed by atoms with Gasteiger partial charge in [-0.1, -0.05) is 29.4 Å². The summed E-state index contributed by atoms with van der Waals surface area (Å²) < 4.78 is 100. The lowest BCUT2D eigenvalue weighted by Crippen LogP contribution is -2.29. The highest BCUT2D eigenvalue weighted by Gasteiger charge is 2.31. The van der Waals surface area contributed by atoms with Gasteiger partial charge in [0.25, 0.3) is 10.0 Å². The summed E-state index contributed by atoms with van der Waals surface area (Å²) in [4.78, 5) is 3.95. The molecule has 0 aliphatic heterocycles. The van der Waals surface area contributed by atoms with Gasteiger partial charge in [-0.05, 0) is 73.4 Å². The molecule has 0 bridgehead atoms. The molecule has 8 nitrogen and oxygen atoms in total. The third-order valence-electron chi connectivity index (χ3n) is 6.89. The number of nitrogens with one attached hydrogen (secondary N) is 1. The Hall–Kier alpha value is -3.04. The summed E-state index contributed by atoms with van der Waals surface area (Å²) in [7, 11) is -7.41. The number of sulfonamides is 2. The van der Waals surface area contributed by atoms with Gasteiger partial charge in [0.05, 0.1) is 34.7 Å². The summed E-state index contributed by atoms with van der Waals surface area (Å²) in [6, 6.07) is 12.4. The zero-order valence-electron chi connectivity index (χ0n) is 22.8. The molecular formula is C28H25ClF3N3O5S3. The topological polar surface area (TPSA) is 107 Å². The average molecular weight is 672 g/mol. The largest absolute Gasteiger partial charge is 0.495 e. The normalized spacial score (nSPS) is 15.3. The van der Waals surface area contributed by atoms with Gasteiger partial charge in [-0.2, -0.15) is 0 Å². The van der Waals surface area contributed by atoms with E-state index >= 15 is 8.78 Å². The van der Waals surface area contributed by atoms with E-state index in [4.69, 9.17) is 21.3 Å². The number of hydrogen-bond acceptors (Lipinski definition) is 7. The Kier molecular flexibility index (Phi) is 8.87. The monoisotopic (exact) mass is 671 g/mol. The van der Waals surface area contributed by atoms with Gasteiger partial charge in [-0.15, -0.1) is 4.13 Å².